The molecule has 2 rings (SSSR count). The maximum absolute atomic E-state index is 13.0. The largest absolute Gasteiger partial charge is 0.386 e. The average Bonchev–Trinajstić information content (AvgIpc) is 2.15. The van der Waals surface area contributed by atoms with Gasteiger partial charge in [-0.15, -0.1) is 0 Å². The Morgan fingerprint density at radius 3 is 2.60 bits per heavy atom. The number of nitrogens with one attached hydrogen (secondary N) is 1. The molecule has 0 aliphatic carbocycles. The van der Waals surface area contributed by atoms with Gasteiger partial charge in [0.25, 0.3) is 0 Å². The van der Waals surface area contributed by atoms with Crippen molar-refractivity contribution in [2.75, 3.05) is 5.32 Å². The fourth-order valence-corrected chi connectivity index (χ4v) is 1.65. The van der Waals surface area contributed by atoms with E-state index in [-0.39, 0.29) is 11.3 Å². The Morgan fingerprint density at radius 2 is 1.93 bits per heavy atom. The average molecular weight is 276 g/mol. The second kappa shape index (κ2) is 3.10. The van der Waals surface area contributed by atoms with Crippen molar-refractivity contribution in [1.29, 1.82) is 0 Å². The molecule has 1 aromatic rings. The zero-order valence-corrected chi connectivity index (χ0v) is 8.77. The molecule has 0 spiro atoms. The number of alkyl halides is 2. The van der Waals surface area contributed by atoms with Crippen LogP contribution in [0.25, 0.3) is 0 Å². The smallest absolute Gasteiger partial charge is 0.320 e. The van der Waals surface area contributed by atoms with Crippen molar-refractivity contribution in [3.8, 4) is 0 Å². The number of amides is 1. The molecule has 0 atom stereocenters. The zero-order chi connectivity index (χ0) is 11.2. The van der Waals surface area contributed by atoms with E-state index in [0.717, 1.165) is 0 Å². The Kier molecular flexibility index (Phi) is 2.11. The number of benzene rings is 1. The molecule has 6 heteroatoms. The molecular weight excluding hydrogens is 272 g/mol. The summed E-state index contributed by atoms with van der Waals surface area (Å²) in [6.07, 6.45) is 0. The third-order valence-electron chi connectivity index (χ3n) is 2.04. The maximum atomic E-state index is 13.0. The summed E-state index contributed by atoms with van der Waals surface area (Å²) in [7, 11) is 0. The van der Waals surface area contributed by atoms with Crippen molar-refractivity contribution in [3.63, 3.8) is 0 Å². The number of hydrogen-bond acceptors (Lipinski definition) is 2. The summed E-state index contributed by atoms with van der Waals surface area (Å²) in [5.41, 5.74) is -0.0758. The van der Waals surface area contributed by atoms with E-state index in [9.17, 15) is 18.4 Å². The molecule has 1 heterocycles. The van der Waals surface area contributed by atoms with Gasteiger partial charge in [-0.3, -0.25) is 9.59 Å². The molecule has 0 unspecified atom stereocenters. The molecule has 15 heavy (non-hydrogen) atoms. The van der Waals surface area contributed by atoms with Gasteiger partial charge in [0.1, 0.15) is 0 Å². The lowest BCUT2D eigenvalue weighted by Gasteiger charge is -2.22. The maximum Gasteiger partial charge on any atom is 0.386 e. The van der Waals surface area contributed by atoms with Crippen LogP contribution in [0.2, 0.25) is 0 Å². The molecular formula is C9H4BrF2NO2. The van der Waals surface area contributed by atoms with Gasteiger partial charge in [0.2, 0.25) is 5.78 Å². The number of anilines is 1. The number of rotatable bonds is 0. The van der Waals surface area contributed by atoms with Gasteiger partial charge in [0, 0.05) is 10.0 Å². The minimum absolute atomic E-state index is 0.102. The standard InChI is InChI=1S/C9H4BrF2NO2/c10-4-1-2-5-6(3-4)13-8(15)9(11,12)7(5)14/h1-3H,(H,13,15). The van der Waals surface area contributed by atoms with E-state index >= 15 is 0 Å². The van der Waals surface area contributed by atoms with Gasteiger partial charge in [-0.2, -0.15) is 8.78 Å². The molecule has 0 fully saturated rings. The number of Topliss-reactive ketones (excluding diaryl/α,β-unsaturated/α-hetero) is 1. The number of ketones is 1. The number of fused-ring (bicyclic) bond motifs is 1. The summed E-state index contributed by atoms with van der Waals surface area (Å²) < 4.78 is 26.6. The minimum atomic E-state index is -3.97. The summed E-state index contributed by atoms with van der Waals surface area (Å²) in [6, 6.07) is 4.11. The van der Waals surface area contributed by atoms with Crippen molar-refractivity contribution < 1.29 is 18.4 Å². The summed E-state index contributed by atoms with van der Waals surface area (Å²) in [5.74, 6) is -7.02. The Labute approximate surface area is 91.6 Å². The molecule has 78 valence electrons. The quantitative estimate of drug-likeness (QED) is 0.738. The Morgan fingerprint density at radius 1 is 1.27 bits per heavy atom. The van der Waals surface area contributed by atoms with E-state index in [4.69, 9.17) is 0 Å². The lowest BCUT2D eigenvalue weighted by Crippen LogP contribution is -2.46. The lowest BCUT2D eigenvalue weighted by molar-refractivity contribution is -0.134. The first-order chi connectivity index (χ1) is 6.93. The van der Waals surface area contributed by atoms with Gasteiger partial charge in [0.05, 0.1) is 5.69 Å². The molecule has 0 saturated carbocycles. The van der Waals surface area contributed by atoms with Crippen LogP contribution in [0.4, 0.5) is 14.5 Å². The van der Waals surface area contributed by atoms with Crippen LogP contribution in [0, 0.1) is 0 Å². The van der Waals surface area contributed by atoms with Gasteiger partial charge in [-0.1, -0.05) is 15.9 Å². The molecule has 1 amide bonds. The Bertz CT molecular complexity index is 473. The number of carbonyl (C=O) groups is 2. The first kappa shape index (κ1) is 10.2. The first-order valence-corrected chi connectivity index (χ1v) is 4.76. The van der Waals surface area contributed by atoms with Crippen LogP contribution < -0.4 is 5.32 Å². The van der Waals surface area contributed by atoms with E-state index in [1.54, 1.807) is 0 Å². The molecule has 1 N–H and O–H groups in total. The molecule has 0 radical (unpaired) electrons. The highest BCUT2D eigenvalue weighted by Gasteiger charge is 2.51. The third kappa shape index (κ3) is 1.45. The molecule has 1 aliphatic heterocycles. The second-order valence-electron chi connectivity index (χ2n) is 3.05. The second-order valence-corrected chi connectivity index (χ2v) is 3.96. The molecule has 0 aromatic heterocycles. The monoisotopic (exact) mass is 275 g/mol. The SMILES string of the molecule is O=C1Nc2cc(Br)ccc2C(=O)C1(F)F. The van der Waals surface area contributed by atoms with Crippen LogP contribution in [0.1, 0.15) is 10.4 Å². The predicted octanol–water partition coefficient (Wildman–Crippen LogP) is 2.22. The predicted molar refractivity (Wildman–Crippen MR) is 52.0 cm³/mol. The van der Waals surface area contributed by atoms with E-state index < -0.39 is 17.6 Å². The van der Waals surface area contributed by atoms with Crippen LogP contribution in [0.5, 0.6) is 0 Å². The zero-order valence-electron chi connectivity index (χ0n) is 7.18. The van der Waals surface area contributed by atoms with E-state index in [1.807, 2.05) is 5.32 Å². The van der Waals surface area contributed by atoms with Crippen LogP contribution in [-0.2, 0) is 4.79 Å². The molecule has 3 nitrogen and oxygen atoms in total. The van der Waals surface area contributed by atoms with Crippen LogP contribution >= 0.6 is 15.9 Å². The van der Waals surface area contributed by atoms with Gasteiger partial charge < -0.3 is 5.32 Å². The summed E-state index contributed by atoms with van der Waals surface area (Å²) in [4.78, 5) is 22.1. The van der Waals surface area contributed by atoms with Gasteiger partial charge in [-0.25, -0.2) is 0 Å². The molecule has 1 aromatic carbocycles. The van der Waals surface area contributed by atoms with E-state index in [0.29, 0.717) is 4.47 Å². The van der Waals surface area contributed by atoms with Gasteiger partial charge >= 0.3 is 11.8 Å². The van der Waals surface area contributed by atoms with Crippen molar-refractivity contribution in [2.24, 2.45) is 0 Å². The van der Waals surface area contributed by atoms with Crippen LogP contribution in [-0.4, -0.2) is 17.6 Å². The third-order valence-corrected chi connectivity index (χ3v) is 2.54. The Hall–Kier alpha value is -1.30. The first-order valence-electron chi connectivity index (χ1n) is 3.96. The van der Waals surface area contributed by atoms with Gasteiger partial charge in [0.15, 0.2) is 0 Å². The normalized spacial score (nSPS) is 18.3. The van der Waals surface area contributed by atoms with Crippen molar-refractivity contribution >= 4 is 33.3 Å². The highest BCUT2D eigenvalue weighted by atomic mass is 79.9. The molecule has 1 aliphatic rings. The molecule has 0 bridgehead atoms. The summed E-state index contributed by atoms with van der Waals surface area (Å²) in [6.45, 7) is 0. The fraction of sp³-hybridized carbons (Fsp3) is 0.111. The molecule has 0 saturated heterocycles. The summed E-state index contributed by atoms with van der Waals surface area (Å²) in [5, 5.41) is 1.98. The topological polar surface area (TPSA) is 46.2 Å². The fourth-order valence-electron chi connectivity index (χ4n) is 1.29. The number of carbonyl (C=O) groups excluding carboxylic acids is 2. The van der Waals surface area contributed by atoms with Crippen molar-refractivity contribution in [1.82, 2.24) is 0 Å². The van der Waals surface area contributed by atoms with E-state index in [1.165, 1.54) is 18.2 Å². The van der Waals surface area contributed by atoms with Gasteiger partial charge in [-0.05, 0) is 18.2 Å². The Balaban J connectivity index is 2.61. The van der Waals surface area contributed by atoms with Crippen LogP contribution in [0.15, 0.2) is 22.7 Å². The highest BCUT2D eigenvalue weighted by Crippen LogP contribution is 2.33. The lowest BCUT2D eigenvalue weighted by atomic mass is 9.99. The van der Waals surface area contributed by atoms with E-state index in [2.05, 4.69) is 15.9 Å². The number of halogens is 3. The number of hydrogen-bond donors (Lipinski definition) is 1. The highest BCUT2D eigenvalue weighted by molar-refractivity contribution is 9.10. The van der Waals surface area contributed by atoms with Crippen LogP contribution in [0.3, 0.4) is 0 Å². The summed E-state index contributed by atoms with van der Waals surface area (Å²) >= 11 is 3.11. The van der Waals surface area contributed by atoms with Crippen molar-refractivity contribution in [3.05, 3.63) is 28.2 Å². The minimum Gasteiger partial charge on any atom is -0.320 e. The van der Waals surface area contributed by atoms with Crippen molar-refractivity contribution in [2.45, 2.75) is 5.92 Å².